The first-order valence-electron chi connectivity index (χ1n) is 5.28. The second kappa shape index (κ2) is 5.60. The van der Waals surface area contributed by atoms with Crippen LogP contribution in [0.5, 0.6) is 0 Å². The largest absolute Gasteiger partial charge is 0.475 e. The molecule has 1 rings (SSSR count). The first-order chi connectivity index (χ1) is 7.52. The minimum Gasteiger partial charge on any atom is -0.475 e. The van der Waals surface area contributed by atoms with Crippen LogP contribution in [0.1, 0.15) is 36.8 Å². The Morgan fingerprint density at radius 3 is 2.69 bits per heavy atom. The van der Waals surface area contributed by atoms with Gasteiger partial charge in [-0.1, -0.05) is 13.8 Å². The molecule has 1 heterocycles. The molecule has 1 unspecified atom stereocenters. The molecule has 0 aliphatic rings. The van der Waals surface area contributed by atoms with Gasteiger partial charge < -0.3 is 15.4 Å². The first-order valence-corrected chi connectivity index (χ1v) is 5.28. The number of hydrogen-bond donors (Lipinski definition) is 2. The van der Waals surface area contributed by atoms with Gasteiger partial charge in [-0.05, 0) is 30.0 Å². The molecule has 3 N–H and O–H groups in total. The molecule has 0 radical (unpaired) electrons. The summed E-state index contributed by atoms with van der Waals surface area (Å²) in [6, 6.07) is 0. The van der Waals surface area contributed by atoms with Gasteiger partial charge in [-0.25, -0.2) is 4.79 Å². The molecule has 1 aromatic rings. The van der Waals surface area contributed by atoms with E-state index in [2.05, 4.69) is 24.0 Å². The van der Waals surface area contributed by atoms with Gasteiger partial charge in [0.15, 0.2) is 0 Å². The van der Waals surface area contributed by atoms with E-state index in [-0.39, 0.29) is 11.7 Å². The van der Waals surface area contributed by atoms with Gasteiger partial charge in [0.1, 0.15) is 0 Å². The van der Waals surface area contributed by atoms with Gasteiger partial charge in [-0.15, -0.1) is 0 Å². The number of nitrogens with two attached hydrogens (primary N) is 1. The number of nitrogens with zero attached hydrogens (tertiary/aromatic N) is 2. The molecule has 0 aromatic carbocycles. The van der Waals surface area contributed by atoms with Crippen LogP contribution in [-0.4, -0.2) is 27.8 Å². The van der Waals surface area contributed by atoms with Gasteiger partial charge in [-0.3, -0.25) is 0 Å². The molecular formula is C10H17N3O3. The molecule has 0 aliphatic heterocycles. The second-order valence-electron chi connectivity index (χ2n) is 4.25. The van der Waals surface area contributed by atoms with Crippen molar-refractivity contribution in [1.82, 2.24) is 10.1 Å². The van der Waals surface area contributed by atoms with Crippen LogP contribution in [0.2, 0.25) is 0 Å². The van der Waals surface area contributed by atoms with Crippen molar-refractivity contribution < 1.29 is 14.4 Å². The molecule has 16 heavy (non-hydrogen) atoms. The van der Waals surface area contributed by atoms with Crippen molar-refractivity contribution >= 4 is 5.97 Å². The van der Waals surface area contributed by atoms with Crippen molar-refractivity contribution in [1.29, 1.82) is 0 Å². The summed E-state index contributed by atoms with van der Waals surface area (Å²) in [5.41, 5.74) is 5.63. The van der Waals surface area contributed by atoms with E-state index >= 15 is 0 Å². The van der Waals surface area contributed by atoms with E-state index in [9.17, 15) is 4.79 Å². The number of carbonyl (C=O) groups is 1. The fraction of sp³-hybridized carbons (Fsp3) is 0.700. The average Bonchev–Trinajstić information content (AvgIpc) is 2.64. The topological polar surface area (TPSA) is 102 Å². The van der Waals surface area contributed by atoms with Crippen molar-refractivity contribution in [2.45, 2.75) is 26.7 Å². The molecule has 90 valence electrons. The van der Waals surface area contributed by atoms with Crippen LogP contribution < -0.4 is 5.73 Å². The minimum absolute atomic E-state index is 0.252. The molecule has 6 nitrogen and oxygen atoms in total. The van der Waals surface area contributed by atoms with Crippen molar-refractivity contribution in [2.75, 3.05) is 6.54 Å². The van der Waals surface area contributed by atoms with Crippen LogP contribution >= 0.6 is 0 Å². The van der Waals surface area contributed by atoms with Gasteiger partial charge in [0, 0.05) is 6.42 Å². The summed E-state index contributed by atoms with van der Waals surface area (Å²) in [5, 5.41) is 12.0. The van der Waals surface area contributed by atoms with Crippen molar-refractivity contribution in [2.24, 2.45) is 17.6 Å². The van der Waals surface area contributed by atoms with Crippen LogP contribution in [0.25, 0.3) is 0 Å². The van der Waals surface area contributed by atoms with Gasteiger partial charge in [0.2, 0.25) is 5.89 Å². The fourth-order valence-corrected chi connectivity index (χ4v) is 1.60. The molecule has 0 saturated heterocycles. The number of rotatable bonds is 6. The summed E-state index contributed by atoms with van der Waals surface area (Å²) in [6.07, 6.45) is 1.50. The number of hydrogen-bond acceptors (Lipinski definition) is 5. The third kappa shape index (κ3) is 3.62. The van der Waals surface area contributed by atoms with E-state index in [1.165, 1.54) is 0 Å². The number of aromatic nitrogens is 2. The monoisotopic (exact) mass is 227 g/mol. The highest BCUT2D eigenvalue weighted by atomic mass is 16.5. The van der Waals surface area contributed by atoms with E-state index in [1.54, 1.807) is 0 Å². The lowest BCUT2D eigenvalue weighted by molar-refractivity contribution is 0.0680. The molecule has 0 saturated carbocycles. The van der Waals surface area contributed by atoms with E-state index in [0.717, 1.165) is 6.42 Å². The van der Waals surface area contributed by atoms with Crippen molar-refractivity contribution in [3.05, 3.63) is 11.7 Å². The molecule has 0 spiro atoms. The zero-order chi connectivity index (χ0) is 12.1. The number of carboxylic acid groups (broad SMARTS) is 1. The summed E-state index contributed by atoms with van der Waals surface area (Å²) >= 11 is 0. The lowest BCUT2D eigenvalue weighted by Crippen LogP contribution is -2.19. The van der Waals surface area contributed by atoms with Crippen LogP contribution in [0.4, 0.5) is 0 Å². The smallest absolute Gasteiger partial charge is 0.377 e. The summed E-state index contributed by atoms with van der Waals surface area (Å²) < 4.78 is 4.84. The number of carboxylic acids is 1. The third-order valence-corrected chi connectivity index (χ3v) is 2.26. The molecular weight excluding hydrogens is 210 g/mol. The lowest BCUT2D eigenvalue weighted by Gasteiger charge is -2.14. The molecule has 1 atom stereocenters. The van der Waals surface area contributed by atoms with Gasteiger partial charge in [0.25, 0.3) is 5.82 Å². The lowest BCUT2D eigenvalue weighted by atomic mass is 9.94. The number of aromatic carboxylic acids is 1. The molecule has 6 heteroatoms. The van der Waals surface area contributed by atoms with Gasteiger partial charge in [-0.2, -0.15) is 4.98 Å². The Kier molecular flexibility index (Phi) is 4.42. The third-order valence-electron chi connectivity index (χ3n) is 2.26. The normalized spacial score (nSPS) is 13.0. The molecule has 0 fully saturated rings. The van der Waals surface area contributed by atoms with Crippen molar-refractivity contribution in [3.8, 4) is 0 Å². The Morgan fingerprint density at radius 2 is 2.25 bits per heavy atom. The predicted octanol–water partition coefficient (Wildman–Crippen LogP) is 0.931. The van der Waals surface area contributed by atoms with Gasteiger partial charge >= 0.3 is 5.97 Å². The van der Waals surface area contributed by atoms with Crippen LogP contribution in [-0.2, 0) is 6.42 Å². The highest BCUT2D eigenvalue weighted by molar-refractivity contribution is 5.82. The van der Waals surface area contributed by atoms with E-state index in [4.69, 9.17) is 15.4 Å². The van der Waals surface area contributed by atoms with Crippen molar-refractivity contribution in [3.63, 3.8) is 0 Å². The summed E-state index contributed by atoms with van der Waals surface area (Å²) in [5.74, 6) is -0.343. The Bertz CT molecular complexity index is 349. The summed E-state index contributed by atoms with van der Waals surface area (Å²) in [6.45, 7) is 4.75. The highest BCUT2D eigenvalue weighted by Crippen LogP contribution is 2.15. The summed E-state index contributed by atoms with van der Waals surface area (Å²) in [4.78, 5) is 14.3. The Labute approximate surface area is 93.8 Å². The zero-order valence-corrected chi connectivity index (χ0v) is 9.51. The Balaban J connectivity index is 2.59. The zero-order valence-electron chi connectivity index (χ0n) is 9.51. The quantitative estimate of drug-likeness (QED) is 0.749. The molecule has 1 aromatic heterocycles. The van der Waals surface area contributed by atoms with Crippen LogP contribution in [0.15, 0.2) is 4.52 Å². The van der Waals surface area contributed by atoms with Crippen LogP contribution in [0, 0.1) is 11.8 Å². The van der Waals surface area contributed by atoms with E-state index in [0.29, 0.717) is 24.8 Å². The molecule has 0 bridgehead atoms. The Morgan fingerprint density at radius 1 is 1.56 bits per heavy atom. The maximum atomic E-state index is 10.5. The maximum Gasteiger partial charge on any atom is 0.377 e. The van der Waals surface area contributed by atoms with E-state index < -0.39 is 5.97 Å². The van der Waals surface area contributed by atoms with Gasteiger partial charge in [0.05, 0.1) is 0 Å². The fourth-order valence-electron chi connectivity index (χ4n) is 1.60. The molecule has 0 amide bonds. The average molecular weight is 227 g/mol. The SMILES string of the molecule is CC(C)CC(CN)Cc1nc(C(=O)O)no1. The summed E-state index contributed by atoms with van der Waals surface area (Å²) in [7, 11) is 0. The highest BCUT2D eigenvalue weighted by Gasteiger charge is 2.17. The second-order valence-corrected chi connectivity index (χ2v) is 4.25. The minimum atomic E-state index is -1.18. The predicted molar refractivity (Wildman–Crippen MR) is 57.0 cm³/mol. The Hall–Kier alpha value is -1.43. The maximum absolute atomic E-state index is 10.5. The first kappa shape index (κ1) is 12.6. The van der Waals surface area contributed by atoms with Crippen LogP contribution in [0.3, 0.4) is 0 Å². The molecule has 0 aliphatic carbocycles. The standard InChI is InChI=1S/C10H17N3O3/c1-6(2)3-7(5-11)4-8-12-9(10(14)15)13-16-8/h6-7H,3-5,11H2,1-2H3,(H,14,15). The van der Waals surface area contributed by atoms with E-state index in [1.807, 2.05) is 0 Å².